The first-order valence-corrected chi connectivity index (χ1v) is 10.8. The number of rotatable bonds is 10. The fraction of sp³-hybridized carbons (Fsp3) is 0.545. The van der Waals surface area contributed by atoms with Gasteiger partial charge in [-0.05, 0) is 42.9 Å². The number of likely N-dealkylation sites (tertiary alicyclic amines) is 1. The molecule has 32 heavy (non-hydrogen) atoms. The van der Waals surface area contributed by atoms with Crippen molar-refractivity contribution in [3.05, 3.63) is 29.8 Å². The summed E-state index contributed by atoms with van der Waals surface area (Å²) in [6.45, 7) is 3.94. The van der Waals surface area contributed by atoms with Crippen LogP contribution in [-0.2, 0) is 25.6 Å². The number of nitrogens with two attached hydrogens (primary N) is 2. The highest BCUT2D eigenvalue weighted by atomic mass is 16.3. The Morgan fingerprint density at radius 1 is 1.19 bits per heavy atom. The predicted molar refractivity (Wildman–Crippen MR) is 118 cm³/mol. The van der Waals surface area contributed by atoms with Crippen LogP contribution in [0.1, 0.15) is 38.7 Å². The van der Waals surface area contributed by atoms with Gasteiger partial charge in [-0.1, -0.05) is 26.0 Å². The second-order valence-electron chi connectivity index (χ2n) is 8.54. The molecular weight excluding hydrogens is 414 g/mol. The van der Waals surface area contributed by atoms with Gasteiger partial charge >= 0.3 is 0 Å². The number of hydrogen-bond donors (Lipinski definition) is 5. The molecule has 4 amide bonds. The minimum atomic E-state index is -0.935. The van der Waals surface area contributed by atoms with Crippen LogP contribution in [0.4, 0.5) is 0 Å². The van der Waals surface area contributed by atoms with Crippen LogP contribution in [0.2, 0.25) is 0 Å². The molecule has 1 aromatic carbocycles. The number of amides is 4. The van der Waals surface area contributed by atoms with Crippen LogP contribution in [0.5, 0.6) is 5.75 Å². The van der Waals surface area contributed by atoms with E-state index in [1.807, 2.05) is 13.8 Å². The van der Waals surface area contributed by atoms with E-state index < -0.39 is 41.8 Å². The van der Waals surface area contributed by atoms with Crippen molar-refractivity contribution in [3.63, 3.8) is 0 Å². The smallest absolute Gasteiger partial charge is 0.246 e. The third-order valence-electron chi connectivity index (χ3n) is 5.33. The van der Waals surface area contributed by atoms with Gasteiger partial charge in [0.1, 0.15) is 17.8 Å². The van der Waals surface area contributed by atoms with E-state index >= 15 is 0 Å². The summed E-state index contributed by atoms with van der Waals surface area (Å²) >= 11 is 0. The van der Waals surface area contributed by atoms with Crippen molar-refractivity contribution < 1.29 is 24.3 Å². The van der Waals surface area contributed by atoms with E-state index in [1.165, 1.54) is 17.0 Å². The number of aromatic hydroxyl groups is 1. The van der Waals surface area contributed by atoms with Crippen molar-refractivity contribution >= 4 is 23.6 Å². The van der Waals surface area contributed by atoms with E-state index in [1.54, 1.807) is 12.1 Å². The zero-order chi connectivity index (χ0) is 23.8. The van der Waals surface area contributed by atoms with E-state index in [4.69, 9.17) is 11.5 Å². The molecular formula is C22H33N5O5. The summed E-state index contributed by atoms with van der Waals surface area (Å²) < 4.78 is 0. The zero-order valence-corrected chi connectivity index (χ0v) is 18.5. The minimum absolute atomic E-state index is 0.0883. The summed E-state index contributed by atoms with van der Waals surface area (Å²) in [5.74, 6) is -1.68. The fourth-order valence-corrected chi connectivity index (χ4v) is 3.76. The van der Waals surface area contributed by atoms with Crippen molar-refractivity contribution in [2.24, 2.45) is 17.4 Å². The molecule has 176 valence electrons. The SMILES string of the molecule is CC(C)C[C@H](N)C(=O)N[C@@H](Cc1ccc(O)cc1)C(=O)N1CCC[C@H]1C(=O)NCC(N)=O. The lowest BCUT2D eigenvalue weighted by Gasteiger charge is -2.29. The summed E-state index contributed by atoms with van der Waals surface area (Å²) in [6, 6.07) is 3.88. The van der Waals surface area contributed by atoms with Crippen molar-refractivity contribution in [3.8, 4) is 5.75 Å². The molecule has 1 aliphatic rings. The van der Waals surface area contributed by atoms with Gasteiger partial charge in [0.15, 0.2) is 0 Å². The predicted octanol–water partition coefficient (Wildman–Crippen LogP) is -0.615. The number of hydrogen-bond acceptors (Lipinski definition) is 6. The van der Waals surface area contributed by atoms with Crippen molar-refractivity contribution in [2.75, 3.05) is 13.1 Å². The van der Waals surface area contributed by atoms with Crippen molar-refractivity contribution in [1.29, 1.82) is 0 Å². The first-order chi connectivity index (χ1) is 15.1. The van der Waals surface area contributed by atoms with E-state index in [0.29, 0.717) is 25.8 Å². The van der Waals surface area contributed by atoms with E-state index in [9.17, 15) is 24.3 Å². The molecule has 0 radical (unpaired) electrons. The van der Waals surface area contributed by atoms with Crippen LogP contribution in [0.25, 0.3) is 0 Å². The number of primary amides is 1. The standard InChI is InChI=1S/C22H33N5O5/c1-13(2)10-16(23)20(30)26-17(11-14-5-7-15(28)8-6-14)22(32)27-9-3-4-18(27)21(31)25-12-19(24)29/h5-8,13,16-18,28H,3-4,9-12,23H2,1-2H3,(H2,24,29)(H,25,31)(H,26,30)/t16-,17-,18-/m0/s1. The molecule has 0 aliphatic carbocycles. The topological polar surface area (TPSA) is 168 Å². The average molecular weight is 448 g/mol. The molecule has 10 heteroatoms. The van der Waals surface area contributed by atoms with Gasteiger partial charge in [0.2, 0.25) is 23.6 Å². The van der Waals surface area contributed by atoms with Crippen LogP contribution in [0.15, 0.2) is 24.3 Å². The minimum Gasteiger partial charge on any atom is -0.508 e. The number of carbonyl (C=O) groups excluding carboxylic acids is 4. The van der Waals surface area contributed by atoms with Gasteiger partial charge < -0.3 is 32.1 Å². The Morgan fingerprint density at radius 2 is 1.84 bits per heavy atom. The summed E-state index contributed by atoms with van der Waals surface area (Å²) in [6.07, 6.45) is 1.70. The second-order valence-corrected chi connectivity index (χ2v) is 8.54. The molecule has 1 saturated heterocycles. The quantitative estimate of drug-likeness (QED) is 0.320. The monoisotopic (exact) mass is 447 g/mol. The number of benzene rings is 1. The van der Waals surface area contributed by atoms with Crippen molar-refractivity contribution in [2.45, 2.75) is 57.7 Å². The molecule has 0 spiro atoms. The normalized spacial score (nSPS) is 17.6. The molecule has 1 aromatic rings. The lowest BCUT2D eigenvalue weighted by molar-refractivity contribution is -0.141. The Bertz CT molecular complexity index is 827. The van der Waals surface area contributed by atoms with Gasteiger partial charge in [-0.15, -0.1) is 0 Å². The van der Waals surface area contributed by atoms with Gasteiger partial charge in [-0.3, -0.25) is 19.2 Å². The van der Waals surface area contributed by atoms with Gasteiger partial charge in [0.05, 0.1) is 12.6 Å². The average Bonchev–Trinajstić information content (AvgIpc) is 3.21. The second kappa shape index (κ2) is 11.5. The summed E-state index contributed by atoms with van der Waals surface area (Å²) in [4.78, 5) is 51.0. The molecule has 1 heterocycles. The molecule has 0 unspecified atom stereocenters. The number of nitrogens with zero attached hydrogens (tertiary/aromatic N) is 1. The van der Waals surface area contributed by atoms with Crippen molar-refractivity contribution in [1.82, 2.24) is 15.5 Å². The van der Waals surface area contributed by atoms with Crippen LogP contribution in [0.3, 0.4) is 0 Å². The van der Waals surface area contributed by atoms with Crippen LogP contribution >= 0.6 is 0 Å². The summed E-state index contributed by atoms with van der Waals surface area (Å²) in [7, 11) is 0. The highest BCUT2D eigenvalue weighted by Gasteiger charge is 2.38. The lowest BCUT2D eigenvalue weighted by Crippen LogP contribution is -2.56. The maximum Gasteiger partial charge on any atom is 0.246 e. The molecule has 1 fully saturated rings. The Labute approximate surface area is 187 Å². The number of nitrogens with one attached hydrogen (secondary N) is 2. The first-order valence-electron chi connectivity index (χ1n) is 10.8. The highest BCUT2D eigenvalue weighted by Crippen LogP contribution is 2.20. The molecule has 3 atom stereocenters. The zero-order valence-electron chi connectivity index (χ0n) is 18.5. The fourth-order valence-electron chi connectivity index (χ4n) is 3.76. The van der Waals surface area contributed by atoms with Gasteiger partial charge in [-0.2, -0.15) is 0 Å². The molecule has 2 rings (SSSR count). The Morgan fingerprint density at radius 3 is 2.44 bits per heavy atom. The number of carbonyl (C=O) groups is 4. The van der Waals surface area contributed by atoms with E-state index in [0.717, 1.165) is 5.56 Å². The number of phenols is 1. The highest BCUT2D eigenvalue weighted by molar-refractivity contribution is 5.94. The number of phenolic OH excluding ortho intramolecular Hbond substituents is 1. The molecule has 1 aliphatic heterocycles. The first kappa shape index (κ1) is 25.1. The summed E-state index contributed by atoms with van der Waals surface area (Å²) in [5, 5.41) is 14.7. The van der Waals surface area contributed by atoms with E-state index in [2.05, 4.69) is 10.6 Å². The van der Waals surface area contributed by atoms with Gasteiger partial charge in [0, 0.05) is 13.0 Å². The third-order valence-corrected chi connectivity index (χ3v) is 5.33. The summed E-state index contributed by atoms with van der Waals surface area (Å²) in [5.41, 5.74) is 11.8. The molecule has 10 nitrogen and oxygen atoms in total. The Kier molecular flexibility index (Phi) is 9.01. The third kappa shape index (κ3) is 7.23. The van der Waals surface area contributed by atoms with Crippen LogP contribution < -0.4 is 22.1 Å². The Hall–Kier alpha value is -3.14. The van der Waals surface area contributed by atoms with Gasteiger partial charge in [0.25, 0.3) is 0 Å². The molecule has 7 N–H and O–H groups in total. The lowest BCUT2D eigenvalue weighted by atomic mass is 10.0. The van der Waals surface area contributed by atoms with E-state index in [-0.39, 0.29) is 24.6 Å². The maximum atomic E-state index is 13.4. The maximum absolute atomic E-state index is 13.4. The Balaban J connectivity index is 2.19. The van der Waals surface area contributed by atoms with Crippen LogP contribution in [0, 0.1) is 5.92 Å². The van der Waals surface area contributed by atoms with Gasteiger partial charge in [-0.25, -0.2) is 0 Å². The molecule has 0 saturated carbocycles. The van der Waals surface area contributed by atoms with Crippen LogP contribution in [-0.4, -0.2) is 64.9 Å². The molecule has 0 aromatic heterocycles. The largest absolute Gasteiger partial charge is 0.508 e. The molecule has 0 bridgehead atoms.